The summed E-state index contributed by atoms with van der Waals surface area (Å²) in [7, 11) is 0. The highest BCUT2D eigenvalue weighted by Crippen LogP contribution is 2.26. The van der Waals surface area contributed by atoms with E-state index >= 15 is 0 Å². The van der Waals surface area contributed by atoms with Gasteiger partial charge < -0.3 is 5.32 Å². The number of halogens is 2. The molecule has 25 heavy (non-hydrogen) atoms. The average molecular weight is 339 g/mol. The summed E-state index contributed by atoms with van der Waals surface area (Å²) in [6, 6.07) is 9.29. The minimum absolute atomic E-state index is 0.00112. The molecule has 0 saturated heterocycles. The summed E-state index contributed by atoms with van der Waals surface area (Å²) in [6.07, 6.45) is 5.11. The van der Waals surface area contributed by atoms with Gasteiger partial charge in [-0.3, -0.25) is 9.89 Å². The van der Waals surface area contributed by atoms with Crippen LogP contribution in [0.25, 0.3) is 23.1 Å². The summed E-state index contributed by atoms with van der Waals surface area (Å²) in [5.41, 5.74) is 1.50. The molecule has 2 N–H and O–H groups in total. The lowest BCUT2D eigenvalue weighted by atomic mass is 10.1. The summed E-state index contributed by atoms with van der Waals surface area (Å²) in [6.45, 7) is 0. The molecule has 1 fully saturated rings. The Bertz CT molecular complexity index is 989. The van der Waals surface area contributed by atoms with Gasteiger partial charge in [0.2, 0.25) is 0 Å². The van der Waals surface area contributed by atoms with Crippen LogP contribution in [0.4, 0.5) is 8.78 Å². The topological polar surface area (TPSA) is 57.8 Å². The third-order valence-electron chi connectivity index (χ3n) is 4.13. The SMILES string of the molecule is O=C(NC1CC1)c1ccc2[nH]nc(C=Cc3cccc(F)c3)c2c1F. The standard InChI is InChI=1S/C19H15F2N3O/c20-12-3-1-2-11(10-12)4-8-15-17-16(24-23-15)9-7-14(18(17)21)19(25)22-13-5-6-13/h1-4,7-10,13H,5-6H2,(H,22,25)(H,23,24). The first-order chi connectivity index (χ1) is 12.1. The normalized spacial score (nSPS) is 14.3. The van der Waals surface area contributed by atoms with E-state index in [2.05, 4.69) is 15.5 Å². The molecular formula is C19H15F2N3O. The number of aromatic amines is 1. The lowest BCUT2D eigenvalue weighted by Crippen LogP contribution is -2.26. The van der Waals surface area contributed by atoms with Crippen molar-refractivity contribution in [1.82, 2.24) is 15.5 Å². The molecule has 1 aliphatic rings. The molecule has 0 radical (unpaired) electrons. The molecule has 3 aromatic rings. The van der Waals surface area contributed by atoms with E-state index in [1.54, 1.807) is 30.4 Å². The van der Waals surface area contributed by atoms with Gasteiger partial charge in [-0.1, -0.05) is 18.2 Å². The van der Waals surface area contributed by atoms with E-state index in [1.165, 1.54) is 18.2 Å². The molecule has 0 aliphatic heterocycles. The van der Waals surface area contributed by atoms with Crippen LogP contribution in [-0.4, -0.2) is 22.1 Å². The Morgan fingerprint density at radius 1 is 1.20 bits per heavy atom. The van der Waals surface area contributed by atoms with Gasteiger partial charge in [-0.15, -0.1) is 0 Å². The number of rotatable bonds is 4. The molecule has 0 bridgehead atoms. The van der Waals surface area contributed by atoms with E-state index in [1.807, 2.05) is 0 Å². The van der Waals surface area contributed by atoms with Gasteiger partial charge in [0.1, 0.15) is 11.6 Å². The van der Waals surface area contributed by atoms with Crippen LogP contribution in [0, 0.1) is 11.6 Å². The molecule has 1 aliphatic carbocycles. The number of hydrogen-bond acceptors (Lipinski definition) is 2. The van der Waals surface area contributed by atoms with Crippen LogP contribution in [0.3, 0.4) is 0 Å². The average Bonchev–Trinajstić information content (AvgIpc) is 3.30. The number of aromatic nitrogens is 2. The van der Waals surface area contributed by atoms with Gasteiger partial charge in [-0.2, -0.15) is 5.10 Å². The summed E-state index contributed by atoms with van der Waals surface area (Å²) in [5, 5.41) is 9.87. The number of benzene rings is 2. The summed E-state index contributed by atoms with van der Waals surface area (Å²) < 4.78 is 28.1. The summed E-state index contributed by atoms with van der Waals surface area (Å²) >= 11 is 0. The molecule has 1 heterocycles. The summed E-state index contributed by atoms with van der Waals surface area (Å²) in [4.78, 5) is 12.2. The molecule has 2 aromatic carbocycles. The van der Waals surface area contributed by atoms with Crippen LogP contribution < -0.4 is 5.32 Å². The largest absolute Gasteiger partial charge is 0.349 e. The molecular weight excluding hydrogens is 324 g/mol. The van der Waals surface area contributed by atoms with Crippen LogP contribution in [-0.2, 0) is 0 Å². The molecule has 0 atom stereocenters. The van der Waals surface area contributed by atoms with Crippen molar-refractivity contribution in [2.45, 2.75) is 18.9 Å². The zero-order valence-corrected chi connectivity index (χ0v) is 13.2. The fraction of sp³-hybridized carbons (Fsp3) is 0.158. The van der Waals surface area contributed by atoms with Crippen molar-refractivity contribution < 1.29 is 13.6 Å². The summed E-state index contributed by atoms with van der Waals surface area (Å²) in [5.74, 6) is -1.37. The third kappa shape index (κ3) is 3.15. The van der Waals surface area contributed by atoms with Crippen LogP contribution in [0.1, 0.15) is 34.5 Å². The van der Waals surface area contributed by atoms with Gasteiger partial charge in [0, 0.05) is 6.04 Å². The number of fused-ring (bicyclic) bond motifs is 1. The quantitative estimate of drug-likeness (QED) is 0.757. The maximum atomic E-state index is 14.9. The van der Waals surface area contributed by atoms with Crippen molar-refractivity contribution in [2.75, 3.05) is 0 Å². The van der Waals surface area contributed by atoms with Gasteiger partial charge in [-0.05, 0) is 48.7 Å². The number of nitrogens with zero attached hydrogens (tertiary/aromatic N) is 1. The Kier molecular flexibility index (Phi) is 3.80. The van der Waals surface area contributed by atoms with Crippen molar-refractivity contribution in [1.29, 1.82) is 0 Å². The second kappa shape index (κ2) is 6.12. The second-order valence-corrected chi connectivity index (χ2v) is 6.09. The number of hydrogen-bond donors (Lipinski definition) is 2. The fourth-order valence-corrected chi connectivity index (χ4v) is 2.67. The van der Waals surface area contributed by atoms with Crippen LogP contribution in [0.2, 0.25) is 0 Å². The van der Waals surface area contributed by atoms with Crippen LogP contribution in [0.5, 0.6) is 0 Å². The predicted octanol–water partition coefficient (Wildman–Crippen LogP) is 3.90. The van der Waals surface area contributed by atoms with E-state index in [0.29, 0.717) is 16.8 Å². The lowest BCUT2D eigenvalue weighted by molar-refractivity contribution is 0.0947. The maximum absolute atomic E-state index is 14.9. The third-order valence-corrected chi connectivity index (χ3v) is 4.13. The first kappa shape index (κ1) is 15.5. The first-order valence-electron chi connectivity index (χ1n) is 8.03. The minimum Gasteiger partial charge on any atom is -0.349 e. The molecule has 6 heteroatoms. The Hall–Kier alpha value is -3.02. The van der Waals surface area contributed by atoms with Crippen molar-refractivity contribution in [3.8, 4) is 0 Å². The van der Waals surface area contributed by atoms with E-state index in [4.69, 9.17) is 0 Å². The van der Waals surface area contributed by atoms with Crippen LogP contribution in [0.15, 0.2) is 36.4 Å². The van der Waals surface area contributed by atoms with Gasteiger partial charge in [-0.25, -0.2) is 8.78 Å². The number of nitrogens with one attached hydrogen (secondary N) is 2. The van der Waals surface area contributed by atoms with E-state index in [9.17, 15) is 13.6 Å². The highest BCUT2D eigenvalue weighted by molar-refractivity contribution is 6.00. The Morgan fingerprint density at radius 2 is 2.04 bits per heavy atom. The Morgan fingerprint density at radius 3 is 2.80 bits per heavy atom. The predicted molar refractivity (Wildman–Crippen MR) is 91.9 cm³/mol. The van der Waals surface area contributed by atoms with Crippen molar-refractivity contribution in [3.63, 3.8) is 0 Å². The molecule has 4 nitrogen and oxygen atoms in total. The van der Waals surface area contributed by atoms with Crippen molar-refractivity contribution in [3.05, 3.63) is 64.9 Å². The Balaban J connectivity index is 1.70. The molecule has 1 aromatic heterocycles. The molecule has 126 valence electrons. The molecule has 1 saturated carbocycles. The molecule has 0 spiro atoms. The lowest BCUT2D eigenvalue weighted by Gasteiger charge is -2.05. The van der Waals surface area contributed by atoms with Crippen molar-refractivity contribution >= 4 is 29.0 Å². The van der Waals surface area contributed by atoms with E-state index in [-0.39, 0.29) is 22.8 Å². The fourth-order valence-electron chi connectivity index (χ4n) is 2.67. The zero-order chi connectivity index (χ0) is 17.4. The highest BCUT2D eigenvalue weighted by Gasteiger charge is 2.26. The monoisotopic (exact) mass is 339 g/mol. The van der Waals surface area contributed by atoms with Gasteiger partial charge in [0.15, 0.2) is 0 Å². The highest BCUT2D eigenvalue weighted by atomic mass is 19.1. The number of carbonyl (C=O) groups excluding carboxylic acids is 1. The van der Waals surface area contributed by atoms with Crippen molar-refractivity contribution in [2.24, 2.45) is 0 Å². The number of H-pyrrole nitrogens is 1. The smallest absolute Gasteiger partial charge is 0.254 e. The van der Waals surface area contributed by atoms with E-state index in [0.717, 1.165) is 12.8 Å². The van der Waals surface area contributed by atoms with E-state index < -0.39 is 11.7 Å². The Labute approximate surface area is 142 Å². The molecule has 1 amide bonds. The maximum Gasteiger partial charge on any atom is 0.254 e. The van der Waals surface area contributed by atoms with Gasteiger partial charge in [0.05, 0.1) is 22.2 Å². The second-order valence-electron chi connectivity index (χ2n) is 6.09. The number of carbonyl (C=O) groups is 1. The molecule has 4 rings (SSSR count). The first-order valence-corrected chi connectivity index (χ1v) is 8.03. The number of amides is 1. The van der Waals surface area contributed by atoms with Gasteiger partial charge in [0.25, 0.3) is 5.91 Å². The van der Waals surface area contributed by atoms with Gasteiger partial charge >= 0.3 is 0 Å². The zero-order valence-electron chi connectivity index (χ0n) is 13.2. The van der Waals surface area contributed by atoms with Crippen LogP contribution >= 0.6 is 0 Å². The molecule has 0 unspecified atom stereocenters. The minimum atomic E-state index is -0.608.